The van der Waals surface area contributed by atoms with Crippen LogP contribution in [0.5, 0.6) is 5.75 Å². The lowest BCUT2D eigenvalue weighted by molar-refractivity contribution is -0.179. The van der Waals surface area contributed by atoms with Crippen LogP contribution in [0.1, 0.15) is 18.5 Å². The fraction of sp³-hybridized carbons (Fsp3) is 0.500. The minimum Gasteiger partial charge on any atom is -0.495 e. The Balaban J connectivity index is 1.59. The summed E-state index contributed by atoms with van der Waals surface area (Å²) in [5, 5.41) is 3.86. The highest BCUT2D eigenvalue weighted by Gasteiger charge is 2.43. The predicted molar refractivity (Wildman–Crippen MR) is 95.9 cm³/mol. The molecule has 9 heteroatoms. The second-order valence-corrected chi connectivity index (χ2v) is 8.62. The van der Waals surface area contributed by atoms with Gasteiger partial charge in [-0.3, -0.25) is 0 Å². The van der Waals surface area contributed by atoms with E-state index in [1.165, 1.54) is 11.4 Å². The van der Waals surface area contributed by atoms with E-state index in [0.29, 0.717) is 50.5 Å². The van der Waals surface area contributed by atoms with E-state index in [0.717, 1.165) is 5.69 Å². The third-order valence-electron chi connectivity index (χ3n) is 4.99. The monoisotopic (exact) mass is 394 g/mol. The zero-order valence-corrected chi connectivity index (χ0v) is 16.1. The first-order chi connectivity index (χ1) is 12.9. The van der Waals surface area contributed by atoms with Crippen LogP contribution in [0.4, 0.5) is 0 Å². The molecule has 0 aliphatic carbocycles. The largest absolute Gasteiger partial charge is 0.495 e. The van der Waals surface area contributed by atoms with Crippen LogP contribution in [0.2, 0.25) is 0 Å². The maximum atomic E-state index is 13.2. The number of aromatic nitrogens is 1. The Morgan fingerprint density at radius 1 is 1.15 bits per heavy atom. The number of aryl methyl sites for hydroxylation is 1. The molecule has 0 bridgehead atoms. The van der Waals surface area contributed by atoms with Crippen LogP contribution in [0.25, 0.3) is 11.3 Å². The Morgan fingerprint density at radius 2 is 1.85 bits per heavy atom. The summed E-state index contributed by atoms with van der Waals surface area (Å²) in [6.07, 6.45) is 1.04. The number of piperidine rings is 1. The number of hydrogen-bond donors (Lipinski definition) is 0. The van der Waals surface area contributed by atoms with Gasteiger partial charge in [0.25, 0.3) is 0 Å². The van der Waals surface area contributed by atoms with E-state index in [1.807, 2.05) is 6.92 Å². The Morgan fingerprint density at radius 3 is 2.44 bits per heavy atom. The van der Waals surface area contributed by atoms with Crippen molar-refractivity contribution in [2.24, 2.45) is 0 Å². The molecule has 2 aliphatic heterocycles. The molecular weight excluding hydrogens is 372 g/mol. The Labute approximate surface area is 158 Å². The van der Waals surface area contributed by atoms with Gasteiger partial charge in [-0.05, 0) is 25.1 Å². The van der Waals surface area contributed by atoms with E-state index in [-0.39, 0.29) is 10.6 Å². The van der Waals surface area contributed by atoms with Crippen molar-refractivity contribution in [1.29, 1.82) is 0 Å². The molecule has 1 spiro atoms. The van der Waals surface area contributed by atoms with Gasteiger partial charge in [-0.25, -0.2) is 8.42 Å². The van der Waals surface area contributed by atoms with E-state index in [9.17, 15) is 8.42 Å². The smallest absolute Gasteiger partial charge is 0.246 e. The van der Waals surface area contributed by atoms with E-state index >= 15 is 0 Å². The van der Waals surface area contributed by atoms with Crippen LogP contribution in [-0.4, -0.2) is 57.1 Å². The van der Waals surface area contributed by atoms with Gasteiger partial charge in [0.1, 0.15) is 10.6 Å². The first-order valence-electron chi connectivity index (χ1n) is 8.83. The normalized spacial score (nSPS) is 20.2. The molecule has 27 heavy (non-hydrogen) atoms. The zero-order chi connectivity index (χ0) is 19.1. The molecule has 3 heterocycles. The van der Waals surface area contributed by atoms with Gasteiger partial charge in [-0.2, -0.15) is 4.31 Å². The van der Waals surface area contributed by atoms with Gasteiger partial charge in [0, 0.05) is 37.6 Å². The van der Waals surface area contributed by atoms with Crippen molar-refractivity contribution in [3.63, 3.8) is 0 Å². The molecular formula is C18H22N2O6S. The van der Waals surface area contributed by atoms with Gasteiger partial charge in [-0.1, -0.05) is 5.16 Å². The van der Waals surface area contributed by atoms with Gasteiger partial charge in [0.05, 0.1) is 26.0 Å². The summed E-state index contributed by atoms with van der Waals surface area (Å²) in [6.45, 7) is 3.62. The van der Waals surface area contributed by atoms with Crippen molar-refractivity contribution in [3.05, 3.63) is 30.0 Å². The molecule has 4 rings (SSSR count). The molecule has 0 N–H and O–H groups in total. The first-order valence-corrected chi connectivity index (χ1v) is 10.3. The minimum atomic E-state index is -3.69. The molecule has 2 aliphatic rings. The fourth-order valence-electron chi connectivity index (χ4n) is 3.53. The Hall–Kier alpha value is -1.94. The van der Waals surface area contributed by atoms with Crippen molar-refractivity contribution in [2.45, 2.75) is 30.4 Å². The molecule has 0 unspecified atom stereocenters. The van der Waals surface area contributed by atoms with E-state index in [1.54, 1.807) is 24.3 Å². The molecule has 2 aromatic rings. The molecule has 0 atom stereocenters. The van der Waals surface area contributed by atoms with Crippen molar-refractivity contribution in [2.75, 3.05) is 33.4 Å². The lowest BCUT2D eigenvalue weighted by atomic mass is 10.1. The maximum absolute atomic E-state index is 13.2. The molecule has 2 saturated heterocycles. The molecule has 0 saturated carbocycles. The zero-order valence-electron chi connectivity index (χ0n) is 15.3. The summed E-state index contributed by atoms with van der Waals surface area (Å²) in [5.41, 5.74) is 1.45. The quantitative estimate of drug-likeness (QED) is 0.785. The summed E-state index contributed by atoms with van der Waals surface area (Å²) in [5.74, 6) is 0.213. The van der Waals surface area contributed by atoms with Crippen molar-refractivity contribution < 1.29 is 27.2 Å². The molecule has 1 aromatic heterocycles. The van der Waals surface area contributed by atoms with Gasteiger partial charge in [-0.15, -0.1) is 0 Å². The van der Waals surface area contributed by atoms with Crippen molar-refractivity contribution in [1.82, 2.24) is 9.46 Å². The van der Waals surface area contributed by atoms with E-state index in [4.69, 9.17) is 18.7 Å². The third-order valence-corrected chi connectivity index (χ3v) is 6.93. The first kappa shape index (κ1) is 18.4. The van der Waals surface area contributed by atoms with Gasteiger partial charge in [0.2, 0.25) is 10.0 Å². The van der Waals surface area contributed by atoms with Crippen LogP contribution in [0.15, 0.2) is 33.7 Å². The fourth-order valence-corrected chi connectivity index (χ4v) is 5.10. The molecule has 8 nitrogen and oxygen atoms in total. The number of sulfonamides is 1. The van der Waals surface area contributed by atoms with Gasteiger partial charge < -0.3 is 18.7 Å². The van der Waals surface area contributed by atoms with Gasteiger partial charge in [0.15, 0.2) is 11.5 Å². The van der Waals surface area contributed by atoms with Gasteiger partial charge >= 0.3 is 0 Å². The average Bonchev–Trinajstić information content (AvgIpc) is 3.31. The number of methoxy groups -OCH3 is 1. The Bertz CT molecular complexity index is 923. The lowest BCUT2D eigenvalue weighted by Gasteiger charge is -2.36. The second kappa shape index (κ2) is 6.90. The predicted octanol–water partition coefficient (Wildman–Crippen LogP) is 2.19. The van der Waals surface area contributed by atoms with Crippen LogP contribution in [0, 0.1) is 6.92 Å². The van der Waals surface area contributed by atoms with Crippen molar-refractivity contribution in [3.8, 4) is 17.1 Å². The highest BCUT2D eigenvalue weighted by Crippen LogP contribution is 2.36. The summed E-state index contributed by atoms with van der Waals surface area (Å²) < 4.78 is 49.7. The van der Waals surface area contributed by atoms with Crippen LogP contribution < -0.4 is 4.74 Å². The number of benzene rings is 1. The topological polar surface area (TPSA) is 91.1 Å². The summed E-state index contributed by atoms with van der Waals surface area (Å²) in [6, 6.07) is 6.69. The SMILES string of the molecule is COc1cc(-c2cc(C)no2)ccc1S(=O)(=O)N1CCC2(CC1)OCCO2. The number of rotatable bonds is 4. The molecule has 0 radical (unpaired) electrons. The molecule has 0 amide bonds. The molecule has 2 fully saturated rings. The number of hydrogen-bond acceptors (Lipinski definition) is 7. The van der Waals surface area contributed by atoms with E-state index in [2.05, 4.69) is 5.16 Å². The standard InChI is InChI=1S/C18H22N2O6S/c1-13-11-15(26-19-13)14-3-4-17(16(12-14)23-2)27(21,22)20-7-5-18(6-8-20)24-9-10-25-18/h3-4,11-12H,5-10H2,1-2H3. The van der Waals surface area contributed by atoms with E-state index < -0.39 is 15.8 Å². The number of nitrogens with zero attached hydrogens (tertiary/aromatic N) is 2. The summed E-state index contributed by atoms with van der Waals surface area (Å²) in [4.78, 5) is 0.134. The Kier molecular flexibility index (Phi) is 4.71. The van der Waals surface area contributed by atoms with Crippen LogP contribution >= 0.6 is 0 Å². The minimum absolute atomic E-state index is 0.134. The van der Waals surface area contributed by atoms with Crippen LogP contribution in [0.3, 0.4) is 0 Å². The highest BCUT2D eigenvalue weighted by atomic mass is 32.2. The molecule has 146 valence electrons. The summed E-state index contributed by atoms with van der Waals surface area (Å²) in [7, 11) is -2.24. The number of ether oxygens (including phenoxy) is 3. The lowest BCUT2D eigenvalue weighted by Crippen LogP contribution is -2.47. The second-order valence-electron chi connectivity index (χ2n) is 6.71. The maximum Gasteiger partial charge on any atom is 0.246 e. The third kappa shape index (κ3) is 3.36. The van der Waals surface area contributed by atoms with Crippen LogP contribution in [-0.2, 0) is 19.5 Å². The highest BCUT2D eigenvalue weighted by molar-refractivity contribution is 7.89. The summed E-state index contributed by atoms with van der Waals surface area (Å²) >= 11 is 0. The average molecular weight is 394 g/mol. The molecule has 1 aromatic carbocycles. The van der Waals surface area contributed by atoms with Crippen molar-refractivity contribution >= 4 is 10.0 Å².